The Balaban J connectivity index is 1.59. The van der Waals surface area contributed by atoms with E-state index in [1.807, 2.05) is 60.7 Å². The molecule has 0 unspecified atom stereocenters. The summed E-state index contributed by atoms with van der Waals surface area (Å²) in [5, 5.41) is 10.6. The first-order valence-electron chi connectivity index (χ1n) is 9.06. The van der Waals surface area contributed by atoms with Gasteiger partial charge in [0.25, 0.3) is 0 Å². The van der Waals surface area contributed by atoms with Crippen LogP contribution >= 0.6 is 0 Å². The number of esters is 1. The number of aliphatic hydroxyl groups is 1. The highest BCUT2D eigenvalue weighted by molar-refractivity contribution is 5.77. The van der Waals surface area contributed by atoms with Crippen molar-refractivity contribution in [3.8, 4) is 0 Å². The van der Waals surface area contributed by atoms with Gasteiger partial charge in [0.1, 0.15) is 0 Å². The standard InChI is InChI=1S/C21H18O5/c22-18-14-11-15-17-16(14)20(24-18,12-7-3-1-4-8-12)26-21(17,25-19(15)23)13-9-5-2-6-10-13/h1-10,14-18,22H,11H2/t14-,15+,16-,17-,18-,20+,21-/m1/s1. The predicted octanol–water partition coefficient (Wildman–Crippen LogP) is 2.50. The van der Waals surface area contributed by atoms with Crippen LogP contribution in [0.4, 0.5) is 0 Å². The zero-order valence-electron chi connectivity index (χ0n) is 13.9. The van der Waals surface area contributed by atoms with Gasteiger partial charge in [-0.2, -0.15) is 0 Å². The molecule has 26 heavy (non-hydrogen) atoms. The van der Waals surface area contributed by atoms with Crippen LogP contribution in [0.25, 0.3) is 0 Å². The van der Waals surface area contributed by atoms with Crippen LogP contribution in [0, 0.1) is 23.7 Å². The Labute approximate surface area is 150 Å². The molecule has 1 saturated carbocycles. The van der Waals surface area contributed by atoms with E-state index in [0.29, 0.717) is 6.42 Å². The summed E-state index contributed by atoms with van der Waals surface area (Å²) in [5.74, 6) is -3.18. The van der Waals surface area contributed by atoms with Crippen molar-refractivity contribution in [2.24, 2.45) is 23.7 Å². The van der Waals surface area contributed by atoms with Crippen molar-refractivity contribution in [2.45, 2.75) is 24.3 Å². The zero-order chi connectivity index (χ0) is 17.5. The summed E-state index contributed by atoms with van der Waals surface area (Å²) in [6.45, 7) is 0. The largest absolute Gasteiger partial charge is 0.428 e. The van der Waals surface area contributed by atoms with Gasteiger partial charge in [-0.3, -0.25) is 9.53 Å². The summed E-state index contributed by atoms with van der Waals surface area (Å²) in [4.78, 5) is 12.6. The van der Waals surface area contributed by atoms with Crippen molar-refractivity contribution in [2.75, 3.05) is 0 Å². The second kappa shape index (κ2) is 4.74. The summed E-state index contributed by atoms with van der Waals surface area (Å²) in [6.07, 6.45) is -0.366. The predicted molar refractivity (Wildman–Crippen MR) is 89.1 cm³/mol. The number of ether oxygens (including phenoxy) is 3. The third kappa shape index (κ3) is 1.56. The summed E-state index contributed by atoms with van der Waals surface area (Å²) in [6, 6.07) is 19.3. The van der Waals surface area contributed by atoms with Crippen molar-refractivity contribution >= 4 is 5.97 Å². The molecule has 0 spiro atoms. The molecule has 5 nitrogen and oxygen atoms in total. The summed E-state index contributed by atoms with van der Waals surface area (Å²) in [7, 11) is 0. The Morgan fingerprint density at radius 1 is 0.885 bits per heavy atom. The van der Waals surface area contributed by atoms with Gasteiger partial charge in [0.2, 0.25) is 11.6 Å². The van der Waals surface area contributed by atoms with E-state index >= 15 is 0 Å². The Morgan fingerprint density at radius 3 is 2.15 bits per heavy atom. The van der Waals surface area contributed by atoms with Gasteiger partial charge < -0.3 is 14.6 Å². The van der Waals surface area contributed by atoms with Crippen LogP contribution < -0.4 is 0 Å². The molecule has 6 rings (SSSR count). The van der Waals surface area contributed by atoms with Crippen LogP contribution in [0.3, 0.4) is 0 Å². The third-order valence-electron chi connectivity index (χ3n) is 6.56. The maximum Gasteiger partial charge on any atom is 0.312 e. The molecule has 7 atom stereocenters. The SMILES string of the molecule is O=C1O[C@]2(c3ccccc3)O[C@]3(c4ccccc4)O[C@@H](O)[C@@H]4C[C@H]1[C@@H]2[C@@H]43. The maximum atomic E-state index is 12.6. The average molecular weight is 350 g/mol. The monoisotopic (exact) mass is 350 g/mol. The van der Waals surface area contributed by atoms with E-state index in [1.54, 1.807) is 0 Å². The fraction of sp³-hybridized carbons (Fsp3) is 0.381. The topological polar surface area (TPSA) is 65.0 Å². The molecule has 1 aliphatic carbocycles. The minimum absolute atomic E-state index is 0.128. The number of hydrogen-bond donors (Lipinski definition) is 1. The molecule has 3 saturated heterocycles. The van der Waals surface area contributed by atoms with E-state index in [4.69, 9.17) is 14.2 Å². The molecule has 0 bridgehead atoms. The molecule has 3 aliphatic heterocycles. The van der Waals surface area contributed by atoms with E-state index in [2.05, 4.69) is 0 Å². The zero-order valence-corrected chi connectivity index (χ0v) is 13.9. The molecule has 0 amide bonds. The quantitative estimate of drug-likeness (QED) is 0.843. The van der Waals surface area contributed by atoms with Crippen molar-refractivity contribution in [3.63, 3.8) is 0 Å². The summed E-state index contributed by atoms with van der Waals surface area (Å²) < 4.78 is 18.5. The Morgan fingerprint density at radius 2 is 1.50 bits per heavy atom. The highest BCUT2D eigenvalue weighted by Crippen LogP contribution is 2.73. The first-order chi connectivity index (χ1) is 12.7. The van der Waals surface area contributed by atoms with Crippen LogP contribution in [0.5, 0.6) is 0 Å². The molecule has 2 aromatic carbocycles. The van der Waals surface area contributed by atoms with E-state index < -0.39 is 17.9 Å². The van der Waals surface area contributed by atoms with E-state index in [0.717, 1.165) is 11.1 Å². The van der Waals surface area contributed by atoms with Gasteiger partial charge in [-0.25, -0.2) is 0 Å². The van der Waals surface area contributed by atoms with Crippen LogP contribution in [0.2, 0.25) is 0 Å². The van der Waals surface area contributed by atoms with Crippen molar-refractivity contribution in [1.82, 2.24) is 0 Å². The molecule has 0 aromatic heterocycles. The molecular weight excluding hydrogens is 332 g/mol. The van der Waals surface area contributed by atoms with Gasteiger partial charge in [-0.1, -0.05) is 60.7 Å². The summed E-state index contributed by atoms with van der Waals surface area (Å²) in [5.41, 5.74) is 1.68. The second-order valence-corrected chi connectivity index (χ2v) is 7.66. The lowest BCUT2D eigenvalue weighted by Crippen LogP contribution is -2.37. The fourth-order valence-corrected chi connectivity index (χ4v) is 5.67. The van der Waals surface area contributed by atoms with Crippen molar-refractivity contribution in [1.29, 1.82) is 0 Å². The van der Waals surface area contributed by atoms with Gasteiger partial charge in [0, 0.05) is 23.0 Å². The molecule has 1 N–H and O–H groups in total. The molecule has 4 fully saturated rings. The number of carbonyl (C=O) groups is 1. The number of benzene rings is 2. The molecule has 5 heteroatoms. The minimum Gasteiger partial charge on any atom is -0.428 e. The highest BCUT2D eigenvalue weighted by Gasteiger charge is 2.81. The number of aliphatic hydroxyl groups excluding tert-OH is 1. The van der Waals surface area contributed by atoms with Crippen LogP contribution in [0.15, 0.2) is 60.7 Å². The van der Waals surface area contributed by atoms with Gasteiger partial charge in [0.05, 0.1) is 11.8 Å². The lowest BCUT2D eigenvalue weighted by Gasteiger charge is -2.33. The summed E-state index contributed by atoms with van der Waals surface area (Å²) >= 11 is 0. The number of rotatable bonds is 2. The van der Waals surface area contributed by atoms with E-state index in [1.165, 1.54) is 0 Å². The Hall–Kier alpha value is -2.21. The van der Waals surface area contributed by atoms with Crippen molar-refractivity contribution in [3.05, 3.63) is 71.8 Å². The molecule has 3 heterocycles. The van der Waals surface area contributed by atoms with E-state index in [9.17, 15) is 9.90 Å². The third-order valence-corrected chi connectivity index (χ3v) is 6.56. The molecular formula is C21H18O5. The lowest BCUT2D eigenvalue weighted by atomic mass is 9.78. The van der Waals surface area contributed by atoms with Gasteiger partial charge in [-0.05, 0) is 6.42 Å². The van der Waals surface area contributed by atoms with Gasteiger partial charge in [0.15, 0.2) is 6.29 Å². The first-order valence-corrected chi connectivity index (χ1v) is 9.06. The minimum atomic E-state index is -1.15. The Kier molecular flexibility index (Phi) is 2.72. The van der Waals surface area contributed by atoms with Crippen LogP contribution in [-0.4, -0.2) is 17.4 Å². The molecule has 0 radical (unpaired) electrons. The van der Waals surface area contributed by atoms with Gasteiger partial charge in [-0.15, -0.1) is 0 Å². The lowest BCUT2D eigenvalue weighted by molar-refractivity contribution is -0.339. The first kappa shape index (κ1) is 14.9. The van der Waals surface area contributed by atoms with Crippen LogP contribution in [-0.2, 0) is 30.6 Å². The fourth-order valence-electron chi connectivity index (χ4n) is 5.67. The normalized spacial score (nSPS) is 45.0. The van der Waals surface area contributed by atoms with E-state index in [-0.39, 0.29) is 29.6 Å². The molecule has 4 aliphatic rings. The average Bonchev–Trinajstić information content (AvgIpc) is 3.35. The second-order valence-electron chi connectivity index (χ2n) is 7.66. The highest BCUT2D eigenvalue weighted by atomic mass is 16.8. The number of carbonyl (C=O) groups excluding carboxylic acids is 1. The van der Waals surface area contributed by atoms with Crippen molar-refractivity contribution < 1.29 is 24.1 Å². The Bertz CT molecular complexity index is 884. The molecule has 2 aromatic rings. The number of hydrogen-bond acceptors (Lipinski definition) is 5. The molecule has 132 valence electrons. The maximum absolute atomic E-state index is 12.6. The van der Waals surface area contributed by atoms with Gasteiger partial charge >= 0.3 is 5.97 Å². The smallest absolute Gasteiger partial charge is 0.312 e. The van der Waals surface area contributed by atoms with Crippen LogP contribution in [0.1, 0.15) is 17.5 Å².